The van der Waals surface area contributed by atoms with Gasteiger partial charge >= 0.3 is 0 Å². The van der Waals surface area contributed by atoms with E-state index in [4.69, 9.17) is 9.72 Å². The Morgan fingerprint density at radius 3 is 2.64 bits per heavy atom. The smallest absolute Gasteiger partial charge is 0.223 e. The molecule has 0 atom stereocenters. The van der Waals surface area contributed by atoms with Crippen LogP contribution in [0.5, 0.6) is 0 Å². The summed E-state index contributed by atoms with van der Waals surface area (Å²) in [5.41, 5.74) is 4.83. The van der Waals surface area contributed by atoms with Gasteiger partial charge in [-0.2, -0.15) is 10.4 Å². The van der Waals surface area contributed by atoms with Crippen molar-refractivity contribution in [3.63, 3.8) is 0 Å². The van der Waals surface area contributed by atoms with Gasteiger partial charge in [-0.15, -0.1) is 10.2 Å². The van der Waals surface area contributed by atoms with Gasteiger partial charge in [0.15, 0.2) is 5.01 Å². The third-order valence-electron chi connectivity index (χ3n) is 7.84. The fourth-order valence-corrected chi connectivity index (χ4v) is 6.37. The lowest BCUT2D eigenvalue weighted by molar-refractivity contribution is -0.123. The number of pyridine rings is 1. The first-order valence-corrected chi connectivity index (χ1v) is 14.3. The fraction of sp³-hybridized carbons (Fsp3) is 0.429. The minimum Gasteiger partial charge on any atom is -0.377 e. The van der Waals surface area contributed by atoms with E-state index in [2.05, 4.69) is 32.0 Å². The summed E-state index contributed by atoms with van der Waals surface area (Å²) in [4.78, 5) is 16.9. The van der Waals surface area contributed by atoms with Gasteiger partial charge in [0, 0.05) is 29.8 Å². The van der Waals surface area contributed by atoms with Gasteiger partial charge in [0.1, 0.15) is 11.1 Å². The molecule has 39 heavy (non-hydrogen) atoms. The average molecular weight is 541 g/mol. The first-order valence-electron chi connectivity index (χ1n) is 13.5. The molecule has 0 unspecified atom stereocenters. The minimum absolute atomic E-state index is 0.230. The van der Waals surface area contributed by atoms with Crippen molar-refractivity contribution in [3.05, 3.63) is 47.2 Å². The second kappa shape index (κ2) is 10.0. The van der Waals surface area contributed by atoms with Crippen LogP contribution in [0.15, 0.2) is 36.7 Å². The van der Waals surface area contributed by atoms with E-state index in [1.165, 1.54) is 0 Å². The number of ether oxygens (including phenoxy) is 1. The number of nitrogens with zero attached hydrogens (tertiary/aromatic N) is 6. The summed E-state index contributed by atoms with van der Waals surface area (Å²) in [5.74, 6) is 0.859. The molecule has 5 heterocycles. The molecule has 4 aromatic rings. The molecule has 7 rings (SSSR count). The number of nitrogens with one attached hydrogen (secondary N) is 2. The van der Waals surface area contributed by atoms with Crippen LogP contribution in [-0.2, 0) is 9.53 Å². The topological polar surface area (TPSA) is 130 Å². The number of aromatic nitrogens is 5. The van der Waals surface area contributed by atoms with Gasteiger partial charge in [-0.1, -0.05) is 11.3 Å². The maximum atomic E-state index is 12.1. The van der Waals surface area contributed by atoms with E-state index in [0.717, 1.165) is 76.7 Å². The maximum Gasteiger partial charge on any atom is 0.223 e. The fourth-order valence-electron chi connectivity index (χ4n) is 5.34. The summed E-state index contributed by atoms with van der Waals surface area (Å²) < 4.78 is 7.19. The predicted octanol–water partition coefficient (Wildman–Crippen LogP) is 4.15. The molecule has 3 aliphatic rings. The van der Waals surface area contributed by atoms with E-state index >= 15 is 0 Å². The Bertz CT molecular complexity index is 1570. The Balaban J connectivity index is 1.13. The molecule has 0 radical (unpaired) electrons. The number of rotatable bonds is 7. The lowest BCUT2D eigenvalue weighted by Gasteiger charge is -2.28. The molecule has 0 spiro atoms. The lowest BCUT2D eigenvalue weighted by atomic mass is 9.86. The summed E-state index contributed by atoms with van der Waals surface area (Å²) >= 11 is 1.63. The summed E-state index contributed by atoms with van der Waals surface area (Å²) in [6.45, 7) is 1.32. The van der Waals surface area contributed by atoms with E-state index in [1.807, 2.05) is 30.5 Å². The Labute approximate surface area is 229 Å². The van der Waals surface area contributed by atoms with Crippen LogP contribution in [0, 0.1) is 17.2 Å². The number of fused-ring (bicyclic) bond motifs is 1. The molecule has 3 fully saturated rings. The molecule has 4 aromatic heterocycles. The summed E-state index contributed by atoms with van der Waals surface area (Å²) in [6.07, 6.45) is 9.48. The third kappa shape index (κ3) is 4.86. The van der Waals surface area contributed by atoms with E-state index in [0.29, 0.717) is 24.7 Å². The first-order chi connectivity index (χ1) is 19.1. The van der Waals surface area contributed by atoms with Gasteiger partial charge in [0.05, 0.1) is 53.5 Å². The van der Waals surface area contributed by atoms with E-state index in [9.17, 15) is 10.1 Å². The molecule has 0 aromatic carbocycles. The zero-order valence-electron chi connectivity index (χ0n) is 21.3. The highest BCUT2D eigenvalue weighted by atomic mass is 32.1. The molecule has 2 aliphatic carbocycles. The van der Waals surface area contributed by atoms with Crippen molar-refractivity contribution in [2.75, 3.05) is 18.5 Å². The van der Waals surface area contributed by atoms with Gasteiger partial charge in [-0.25, -0.2) is 4.52 Å². The van der Waals surface area contributed by atoms with Crippen molar-refractivity contribution in [2.24, 2.45) is 5.92 Å². The quantitative estimate of drug-likeness (QED) is 0.358. The summed E-state index contributed by atoms with van der Waals surface area (Å²) in [7, 11) is 0. The monoisotopic (exact) mass is 540 g/mol. The highest BCUT2D eigenvalue weighted by Gasteiger charge is 2.33. The Morgan fingerprint density at radius 2 is 1.90 bits per heavy atom. The molecule has 198 valence electrons. The van der Waals surface area contributed by atoms with Crippen LogP contribution >= 0.6 is 11.3 Å². The van der Waals surface area contributed by atoms with Crippen LogP contribution in [0.1, 0.15) is 55.0 Å². The van der Waals surface area contributed by atoms with Crippen LogP contribution < -0.4 is 10.6 Å². The van der Waals surface area contributed by atoms with Gasteiger partial charge in [0.2, 0.25) is 5.91 Å². The maximum absolute atomic E-state index is 12.1. The molecule has 1 saturated heterocycles. The van der Waals surface area contributed by atoms with Gasteiger partial charge in [0.25, 0.3) is 0 Å². The van der Waals surface area contributed by atoms with Crippen molar-refractivity contribution in [1.29, 1.82) is 5.26 Å². The average Bonchev–Trinajstić information content (AvgIpc) is 3.54. The van der Waals surface area contributed by atoms with Crippen LogP contribution in [0.4, 0.5) is 5.69 Å². The van der Waals surface area contributed by atoms with Crippen LogP contribution in [0.3, 0.4) is 0 Å². The van der Waals surface area contributed by atoms with E-state index in [-0.39, 0.29) is 23.9 Å². The predicted molar refractivity (Wildman–Crippen MR) is 146 cm³/mol. The molecule has 1 aliphatic heterocycles. The highest BCUT2D eigenvalue weighted by molar-refractivity contribution is 7.14. The second-order valence-electron chi connectivity index (χ2n) is 10.7. The molecule has 2 N–H and O–H groups in total. The minimum atomic E-state index is 0.230. The molecule has 11 heteroatoms. The Morgan fingerprint density at radius 1 is 1.05 bits per heavy atom. The van der Waals surface area contributed by atoms with Crippen molar-refractivity contribution in [3.8, 4) is 28.0 Å². The number of anilines is 1. The largest absolute Gasteiger partial charge is 0.377 e. The van der Waals surface area contributed by atoms with Crippen molar-refractivity contribution in [2.45, 2.75) is 56.5 Å². The number of amides is 1. The number of carbonyl (C=O) groups excluding carboxylic acids is 1. The number of carbonyl (C=O) groups is 1. The first kappa shape index (κ1) is 24.2. The number of hydrogen-bond donors (Lipinski definition) is 2. The van der Waals surface area contributed by atoms with Crippen molar-refractivity contribution in [1.82, 2.24) is 30.1 Å². The third-order valence-corrected chi connectivity index (χ3v) is 8.95. The molecular weight excluding hydrogens is 512 g/mol. The Kier molecular flexibility index (Phi) is 6.21. The van der Waals surface area contributed by atoms with Gasteiger partial charge in [-0.3, -0.25) is 9.78 Å². The van der Waals surface area contributed by atoms with E-state index in [1.54, 1.807) is 22.0 Å². The SMILES string of the molecule is N#Cc1cnn2c(-c3cc(NC4COC4)c(-c4nnc([C@H]5CC[C@H](NC(=O)C6CC6)CC5)s4)cn3)ccc2c1. The molecule has 2 saturated carbocycles. The van der Waals surface area contributed by atoms with Gasteiger partial charge in [-0.05, 0) is 62.8 Å². The zero-order valence-corrected chi connectivity index (χ0v) is 22.2. The van der Waals surface area contributed by atoms with Crippen LogP contribution in [-0.4, -0.2) is 56.0 Å². The van der Waals surface area contributed by atoms with Crippen LogP contribution in [0.25, 0.3) is 27.5 Å². The lowest BCUT2D eigenvalue weighted by Crippen LogP contribution is -2.40. The zero-order chi connectivity index (χ0) is 26.3. The van der Waals surface area contributed by atoms with E-state index < -0.39 is 0 Å². The van der Waals surface area contributed by atoms with Crippen LogP contribution in [0.2, 0.25) is 0 Å². The molecule has 10 nitrogen and oxygen atoms in total. The van der Waals surface area contributed by atoms with Crippen molar-refractivity contribution < 1.29 is 9.53 Å². The summed E-state index contributed by atoms with van der Waals surface area (Å²) in [5, 5.41) is 31.5. The number of hydrogen-bond acceptors (Lipinski definition) is 9. The highest BCUT2D eigenvalue weighted by Crippen LogP contribution is 2.39. The molecule has 1 amide bonds. The summed E-state index contributed by atoms with van der Waals surface area (Å²) in [6, 6.07) is 10.4. The Hall–Kier alpha value is -3.88. The normalized spacial score (nSPS) is 21.3. The number of nitriles is 1. The van der Waals surface area contributed by atoms with Gasteiger partial charge < -0.3 is 15.4 Å². The second-order valence-corrected chi connectivity index (χ2v) is 11.7. The molecular formula is C28H28N8O2S. The standard InChI is InChI=1S/C28H28N8O2S/c29-11-16-9-21-7-8-25(36(21)31-12-16)24-10-23(32-20-14-38-15-20)22(13-30-24)28-35-34-27(39-28)18-3-5-19(6-4-18)33-26(37)17-1-2-17/h7-10,12-13,17-20H,1-6,14-15H2,(H,30,32)(H,33,37)/t18-,19-. The van der Waals surface area contributed by atoms with Crippen molar-refractivity contribution >= 4 is 28.4 Å². The molecule has 0 bridgehead atoms.